The number of carbonyl (C=O) groups is 1. The molecule has 0 saturated heterocycles. The van der Waals surface area contributed by atoms with Crippen molar-refractivity contribution in [3.63, 3.8) is 0 Å². The molecule has 0 radical (unpaired) electrons. The summed E-state index contributed by atoms with van der Waals surface area (Å²) in [4.78, 5) is 13.3. The molecule has 7 atom stereocenters. The van der Waals surface area contributed by atoms with Crippen LogP contribution in [0.1, 0.15) is 71.6 Å². The molecule has 0 N–H and O–H groups in total. The number of hydrogen-bond donors (Lipinski definition) is 0. The first kappa shape index (κ1) is 17.1. The summed E-state index contributed by atoms with van der Waals surface area (Å²) >= 11 is 0. The molecule has 7 unspecified atom stereocenters. The second kappa shape index (κ2) is 5.86. The van der Waals surface area contributed by atoms with Crippen molar-refractivity contribution in [1.29, 1.82) is 0 Å². The molecule has 0 aromatic rings. The van der Waals surface area contributed by atoms with Gasteiger partial charge in [-0.3, -0.25) is 4.79 Å². The summed E-state index contributed by atoms with van der Waals surface area (Å²) in [6.07, 6.45) is 16.7. The molecule has 8 bridgehead atoms. The molecule has 0 aliphatic heterocycles. The van der Waals surface area contributed by atoms with Crippen LogP contribution in [0.2, 0.25) is 0 Å². The van der Waals surface area contributed by atoms with Crippen molar-refractivity contribution in [2.45, 2.75) is 77.2 Å². The number of allylic oxidation sites excluding steroid dienone is 2. The molecule has 2 nitrogen and oxygen atoms in total. The first-order valence-corrected chi connectivity index (χ1v) is 12.1. The van der Waals surface area contributed by atoms with Crippen LogP contribution >= 0.6 is 0 Å². The fraction of sp³-hybridized carbons (Fsp3) is 0.880. The van der Waals surface area contributed by atoms with Gasteiger partial charge in [0.15, 0.2) is 0 Å². The maximum absolute atomic E-state index is 13.3. The Hall–Kier alpha value is -0.790. The van der Waals surface area contributed by atoms with Crippen molar-refractivity contribution in [3.05, 3.63) is 12.2 Å². The molecule has 0 heterocycles. The van der Waals surface area contributed by atoms with Crippen LogP contribution in [0.15, 0.2) is 12.2 Å². The summed E-state index contributed by atoms with van der Waals surface area (Å²) in [6.45, 7) is 4.00. The Labute approximate surface area is 164 Å². The summed E-state index contributed by atoms with van der Waals surface area (Å²) in [6, 6.07) is 0. The minimum Gasteiger partial charge on any atom is -0.459 e. The molecule has 0 aromatic heterocycles. The lowest BCUT2D eigenvalue weighted by Crippen LogP contribution is -2.53. The van der Waals surface area contributed by atoms with Gasteiger partial charge in [-0.2, -0.15) is 0 Å². The smallest absolute Gasteiger partial charge is 0.309 e. The van der Waals surface area contributed by atoms with Crippen molar-refractivity contribution >= 4 is 5.97 Å². The molecule has 7 fully saturated rings. The van der Waals surface area contributed by atoms with E-state index < -0.39 is 0 Å². The largest absolute Gasteiger partial charge is 0.459 e. The van der Waals surface area contributed by atoms with E-state index in [9.17, 15) is 4.79 Å². The minimum absolute atomic E-state index is 0.0400. The van der Waals surface area contributed by atoms with E-state index in [4.69, 9.17) is 4.74 Å². The van der Waals surface area contributed by atoms with Crippen molar-refractivity contribution in [1.82, 2.24) is 0 Å². The van der Waals surface area contributed by atoms with Gasteiger partial charge in [0.05, 0.1) is 5.92 Å². The third-order valence-corrected chi connectivity index (χ3v) is 9.87. The highest BCUT2D eigenvalue weighted by Gasteiger charge is 2.63. The fourth-order valence-electron chi connectivity index (χ4n) is 9.73. The van der Waals surface area contributed by atoms with Gasteiger partial charge in [0.2, 0.25) is 0 Å². The van der Waals surface area contributed by atoms with Crippen molar-refractivity contribution in [2.75, 3.05) is 0 Å². The lowest BCUT2D eigenvalue weighted by Gasteiger charge is -2.56. The van der Waals surface area contributed by atoms with Gasteiger partial charge in [0.25, 0.3) is 0 Å². The third-order valence-electron chi connectivity index (χ3n) is 9.87. The third kappa shape index (κ3) is 2.34. The number of rotatable bonds is 2. The summed E-state index contributed by atoms with van der Waals surface area (Å²) in [7, 11) is 0. The van der Waals surface area contributed by atoms with Crippen LogP contribution in [0.25, 0.3) is 0 Å². The number of ether oxygens (including phenoxy) is 1. The second-order valence-corrected chi connectivity index (χ2v) is 11.1. The maximum Gasteiger partial charge on any atom is 0.309 e. The van der Waals surface area contributed by atoms with Crippen LogP contribution < -0.4 is 0 Å². The van der Waals surface area contributed by atoms with Gasteiger partial charge >= 0.3 is 5.97 Å². The van der Waals surface area contributed by atoms with E-state index in [1.165, 1.54) is 51.4 Å². The Morgan fingerprint density at radius 3 is 2.04 bits per heavy atom. The lowest BCUT2D eigenvalue weighted by molar-refractivity contribution is -0.193. The number of esters is 1. The molecule has 8 aliphatic rings. The fourth-order valence-corrected chi connectivity index (χ4v) is 9.73. The molecule has 7 saturated carbocycles. The van der Waals surface area contributed by atoms with E-state index in [-0.39, 0.29) is 17.5 Å². The maximum atomic E-state index is 13.3. The topological polar surface area (TPSA) is 26.3 Å². The SMILES string of the molecule is CC.O=C(OC12CC3CC(CC(C3)C1)C2)C1CC2CC1C1C3C=CC(C3)C21. The molecule has 27 heavy (non-hydrogen) atoms. The molecule has 0 spiro atoms. The van der Waals surface area contributed by atoms with Gasteiger partial charge in [-0.15, -0.1) is 0 Å². The number of hydrogen-bond acceptors (Lipinski definition) is 2. The highest BCUT2D eigenvalue weighted by atomic mass is 16.6. The summed E-state index contributed by atoms with van der Waals surface area (Å²) in [5.41, 5.74) is -0.0400. The molecule has 0 aromatic carbocycles. The Balaban J connectivity index is 0.000000710. The van der Waals surface area contributed by atoms with E-state index in [1.807, 2.05) is 13.8 Å². The lowest BCUT2D eigenvalue weighted by atomic mass is 9.54. The van der Waals surface area contributed by atoms with Crippen LogP contribution in [0.3, 0.4) is 0 Å². The van der Waals surface area contributed by atoms with Crippen molar-refractivity contribution < 1.29 is 9.53 Å². The molecule has 148 valence electrons. The average molecular weight is 369 g/mol. The van der Waals surface area contributed by atoms with Crippen LogP contribution in [-0.2, 0) is 9.53 Å². The zero-order valence-electron chi connectivity index (χ0n) is 17.1. The number of fused-ring (bicyclic) bond motifs is 9. The van der Waals surface area contributed by atoms with Crippen molar-refractivity contribution in [3.8, 4) is 0 Å². The summed E-state index contributed by atoms with van der Waals surface area (Å²) in [5.74, 6) is 7.90. The standard InChI is InChI=1S/C23H30O2.C2H6/c24-22(25-23-9-12-3-13(10-23)5-14(4-12)11-23)19-8-17-7-18(19)21-16-2-1-15(6-16)20(17)21;1-2/h1-2,12-21H,3-11H2;1-2H3. The first-order valence-electron chi connectivity index (χ1n) is 12.1. The van der Waals surface area contributed by atoms with Crippen LogP contribution in [0.4, 0.5) is 0 Å². The van der Waals surface area contributed by atoms with Gasteiger partial charge in [-0.25, -0.2) is 0 Å². The number of carbonyl (C=O) groups excluding carboxylic acids is 1. The van der Waals surface area contributed by atoms with Gasteiger partial charge in [0, 0.05) is 0 Å². The zero-order valence-corrected chi connectivity index (χ0v) is 17.1. The Morgan fingerprint density at radius 2 is 1.41 bits per heavy atom. The summed E-state index contributed by atoms with van der Waals surface area (Å²) < 4.78 is 6.46. The average Bonchev–Trinajstić information content (AvgIpc) is 3.41. The molecular formula is C25H36O2. The predicted octanol–water partition coefficient (Wildman–Crippen LogP) is 5.62. The van der Waals surface area contributed by atoms with Gasteiger partial charge < -0.3 is 4.74 Å². The molecule has 2 heteroatoms. The first-order chi connectivity index (χ1) is 13.2. The van der Waals surface area contributed by atoms with E-state index in [0.29, 0.717) is 5.92 Å². The second-order valence-electron chi connectivity index (χ2n) is 11.1. The Kier molecular flexibility index (Phi) is 3.71. The Bertz CT molecular complexity index is 628. The van der Waals surface area contributed by atoms with Gasteiger partial charge in [-0.05, 0) is 111 Å². The van der Waals surface area contributed by atoms with Crippen LogP contribution in [0, 0.1) is 59.2 Å². The quantitative estimate of drug-likeness (QED) is 0.359. The minimum atomic E-state index is -0.0400. The van der Waals surface area contributed by atoms with Crippen LogP contribution in [-0.4, -0.2) is 11.6 Å². The molecular weight excluding hydrogens is 332 g/mol. The van der Waals surface area contributed by atoms with Gasteiger partial charge in [-0.1, -0.05) is 26.0 Å². The molecule has 8 aliphatic carbocycles. The van der Waals surface area contributed by atoms with Crippen LogP contribution in [0.5, 0.6) is 0 Å². The van der Waals surface area contributed by atoms with Crippen molar-refractivity contribution in [2.24, 2.45) is 59.2 Å². The van der Waals surface area contributed by atoms with Gasteiger partial charge in [0.1, 0.15) is 5.60 Å². The summed E-state index contributed by atoms with van der Waals surface area (Å²) in [5, 5.41) is 0. The normalized spacial score (nSPS) is 57.6. The highest BCUT2D eigenvalue weighted by molar-refractivity contribution is 5.74. The molecule has 8 rings (SSSR count). The predicted molar refractivity (Wildman–Crippen MR) is 106 cm³/mol. The zero-order chi connectivity index (χ0) is 18.3. The van der Waals surface area contributed by atoms with E-state index in [2.05, 4.69) is 12.2 Å². The van der Waals surface area contributed by atoms with E-state index in [1.54, 1.807) is 0 Å². The highest BCUT2D eigenvalue weighted by Crippen LogP contribution is 2.67. The van der Waals surface area contributed by atoms with E-state index >= 15 is 0 Å². The molecule has 0 amide bonds. The van der Waals surface area contributed by atoms with E-state index in [0.717, 1.165) is 53.8 Å². The monoisotopic (exact) mass is 368 g/mol. The Morgan fingerprint density at radius 1 is 0.815 bits per heavy atom.